The largest absolute Gasteiger partial charge is 0.481 e. The molecular formula is C25H25FN2O3. The summed E-state index contributed by atoms with van der Waals surface area (Å²) in [6.07, 6.45) is 3.12. The van der Waals surface area contributed by atoms with Crippen LogP contribution in [0.25, 0.3) is 10.9 Å². The summed E-state index contributed by atoms with van der Waals surface area (Å²) < 4.78 is 15.6. The number of fused-ring (bicyclic) bond motifs is 3. The van der Waals surface area contributed by atoms with E-state index in [0.29, 0.717) is 6.54 Å². The number of nitrogens with zero attached hydrogens (tertiary/aromatic N) is 2. The van der Waals surface area contributed by atoms with Crippen LogP contribution >= 0.6 is 0 Å². The summed E-state index contributed by atoms with van der Waals surface area (Å²) in [5.41, 5.74) is 3.34. The van der Waals surface area contributed by atoms with E-state index in [1.165, 1.54) is 12.1 Å². The number of carboxylic acids is 1. The van der Waals surface area contributed by atoms with Crippen molar-refractivity contribution < 1.29 is 19.1 Å². The first-order valence-electron chi connectivity index (χ1n) is 10.7. The molecule has 1 aromatic heterocycles. The maximum Gasteiger partial charge on any atom is 0.307 e. The minimum absolute atomic E-state index is 0.00988. The van der Waals surface area contributed by atoms with Crippen molar-refractivity contribution in [2.45, 2.75) is 50.1 Å². The quantitative estimate of drug-likeness (QED) is 0.681. The number of rotatable bonds is 5. The molecule has 3 aromatic rings. The van der Waals surface area contributed by atoms with Gasteiger partial charge in [0.05, 0.1) is 11.8 Å². The minimum Gasteiger partial charge on any atom is -0.481 e. The molecule has 160 valence electrons. The fraction of sp³-hybridized carbons (Fsp3) is 0.360. The predicted molar refractivity (Wildman–Crippen MR) is 115 cm³/mol. The van der Waals surface area contributed by atoms with Crippen molar-refractivity contribution in [1.82, 2.24) is 9.47 Å². The van der Waals surface area contributed by atoms with Gasteiger partial charge in [0.15, 0.2) is 0 Å². The van der Waals surface area contributed by atoms with Crippen LogP contribution in [-0.4, -0.2) is 39.5 Å². The molecule has 5 rings (SSSR count). The van der Waals surface area contributed by atoms with Gasteiger partial charge in [0.2, 0.25) is 5.91 Å². The number of carbonyl (C=O) groups is 2. The molecule has 2 aromatic carbocycles. The molecule has 1 aliphatic heterocycles. The Balaban J connectivity index is 1.44. The van der Waals surface area contributed by atoms with E-state index in [1.807, 2.05) is 36.2 Å². The third-order valence-electron chi connectivity index (χ3n) is 7.05. The van der Waals surface area contributed by atoms with Gasteiger partial charge in [-0.15, -0.1) is 0 Å². The molecule has 0 bridgehead atoms. The molecule has 1 saturated carbocycles. The van der Waals surface area contributed by atoms with Crippen molar-refractivity contribution in [2.75, 3.05) is 7.05 Å². The Morgan fingerprint density at radius 3 is 2.55 bits per heavy atom. The molecule has 2 heterocycles. The van der Waals surface area contributed by atoms with Gasteiger partial charge in [0.1, 0.15) is 5.82 Å². The van der Waals surface area contributed by atoms with E-state index >= 15 is 0 Å². The second kappa shape index (κ2) is 7.22. The molecule has 1 amide bonds. The number of hydrogen-bond donors (Lipinski definition) is 1. The highest BCUT2D eigenvalue weighted by Crippen LogP contribution is 2.50. The van der Waals surface area contributed by atoms with Crippen LogP contribution in [0.4, 0.5) is 4.39 Å². The summed E-state index contributed by atoms with van der Waals surface area (Å²) in [6.45, 7) is 0.650. The number of amides is 1. The number of hydrogen-bond acceptors (Lipinski definition) is 2. The van der Waals surface area contributed by atoms with Crippen LogP contribution in [0.5, 0.6) is 0 Å². The lowest BCUT2D eigenvalue weighted by atomic mass is 9.92. The summed E-state index contributed by atoms with van der Waals surface area (Å²) in [6, 6.07) is 14.2. The van der Waals surface area contributed by atoms with Gasteiger partial charge in [-0.3, -0.25) is 9.59 Å². The second-order valence-corrected chi connectivity index (χ2v) is 8.82. The highest BCUT2D eigenvalue weighted by Gasteiger charge is 2.53. The van der Waals surface area contributed by atoms with Gasteiger partial charge in [-0.2, -0.15) is 0 Å². The highest BCUT2D eigenvalue weighted by molar-refractivity contribution is 5.92. The molecule has 6 heteroatoms. The molecule has 5 nitrogen and oxygen atoms in total. The topological polar surface area (TPSA) is 62.5 Å². The summed E-state index contributed by atoms with van der Waals surface area (Å²) in [5, 5.41) is 10.4. The first kappa shape index (κ1) is 19.8. The number of aliphatic carboxylic acids is 1. The highest BCUT2D eigenvalue weighted by atomic mass is 19.1. The first-order valence-corrected chi connectivity index (χ1v) is 10.7. The van der Waals surface area contributed by atoms with E-state index < -0.39 is 11.4 Å². The first-order chi connectivity index (χ1) is 14.9. The van der Waals surface area contributed by atoms with Crippen LogP contribution in [0.15, 0.2) is 48.5 Å². The fourth-order valence-corrected chi connectivity index (χ4v) is 5.22. The lowest BCUT2D eigenvalue weighted by Gasteiger charge is -2.35. The van der Waals surface area contributed by atoms with Crippen LogP contribution in [0.1, 0.15) is 36.1 Å². The summed E-state index contributed by atoms with van der Waals surface area (Å²) in [7, 11) is 1.87. The van der Waals surface area contributed by atoms with Crippen molar-refractivity contribution in [3.8, 4) is 0 Å². The zero-order valence-corrected chi connectivity index (χ0v) is 17.5. The number of halogens is 1. The zero-order chi connectivity index (χ0) is 21.8. The molecule has 2 aliphatic rings. The molecule has 1 N–H and O–H groups in total. The maximum absolute atomic E-state index is 13.5. The van der Waals surface area contributed by atoms with Crippen LogP contribution in [-0.2, 0) is 34.4 Å². The summed E-state index contributed by atoms with van der Waals surface area (Å²) in [5.74, 6) is -1.03. The van der Waals surface area contributed by atoms with Crippen molar-refractivity contribution in [3.05, 3.63) is 71.2 Å². The Morgan fingerprint density at radius 1 is 1.16 bits per heavy atom. The van der Waals surface area contributed by atoms with Crippen LogP contribution in [0.2, 0.25) is 0 Å². The van der Waals surface area contributed by atoms with Gasteiger partial charge in [-0.25, -0.2) is 4.39 Å². The second-order valence-electron chi connectivity index (χ2n) is 8.82. The molecule has 0 saturated heterocycles. The molecule has 0 radical (unpaired) electrons. The van der Waals surface area contributed by atoms with E-state index in [2.05, 4.69) is 4.57 Å². The molecular weight excluding hydrogens is 395 g/mol. The van der Waals surface area contributed by atoms with Gasteiger partial charge in [0.25, 0.3) is 0 Å². The maximum atomic E-state index is 13.5. The van der Waals surface area contributed by atoms with Gasteiger partial charge in [0, 0.05) is 36.2 Å². The molecule has 1 atom stereocenters. The predicted octanol–water partition coefficient (Wildman–Crippen LogP) is 3.91. The fourth-order valence-electron chi connectivity index (χ4n) is 5.22. The van der Waals surface area contributed by atoms with Crippen molar-refractivity contribution in [2.24, 2.45) is 0 Å². The zero-order valence-electron chi connectivity index (χ0n) is 17.5. The number of para-hydroxylation sites is 1. The van der Waals surface area contributed by atoms with E-state index in [1.54, 1.807) is 12.1 Å². The van der Waals surface area contributed by atoms with E-state index in [4.69, 9.17) is 0 Å². The average molecular weight is 420 g/mol. The normalized spacial score (nSPS) is 19.1. The summed E-state index contributed by atoms with van der Waals surface area (Å²) in [4.78, 5) is 26.8. The smallest absolute Gasteiger partial charge is 0.307 e. The van der Waals surface area contributed by atoms with Crippen molar-refractivity contribution >= 4 is 22.8 Å². The lowest BCUT2D eigenvalue weighted by molar-refractivity contribution is -0.136. The van der Waals surface area contributed by atoms with Crippen LogP contribution in [0, 0.1) is 5.82 Å². The molecule has 1 aliphatic carbocycles. The van der Waals surface area contributed by atoms with Crippen LogP contribution < -0.4 is 0 Å². The number of benzene rings is 2. The minimum atomic E-state index is -0.830. The van der Waals surface area contributed by atoms with Gasteiger partial charge in [-0.1, -0.05) is 30.3 Å². The van der Waals surface area contributed by atoms with Crippen LogP contribution in [0.3, 0.4) is 0 Å². The van der Waals surface area contributed by atoms with Gasteiger partial charge < -0.3 is 14.6 Å². The Kier molecular flexibility index (Phi) is 4.61. The average Bonchev–Trinajstić information content (AvgIpc) is 3.53. The Bertz CT molecular complexity index is 1180. The molecule has 0 spiro atoms. The Morgan fingerprint density at radius 2 is 1.87 bits per heavy atom. The van der Waals surface area contributed by atoms with Gasteiger partial charge in [-0.05, 0) is 55.0 Å². The summed E-state index contributed by atoms with van der Waals surface area (Å²) >= 11 is 0. The third kappa shape index (κ3) is 3.21. The van der Waals surface area contributed by atoms with E-state index in [0.717, 1.165) is 53.4 Å². The van der Waals surface area contributed by atoms with Crippen molar-refractivity contribution in [3.63, 3.8) is 0 Å². The van der Waals surface area contributed by atoms with E-state index in [-0.39, 0.29) is 24.2 Å². The molecule has 1 fully saturated rings. The monoisotopic (exact) mass is 420 g/mol. The standard InChI is InChI=1S/C25H25FN2O3/c1-27(24(31)25(12-13-25)16-6-8-17(26)9-7-16)18-10-11-22-20(14-23(29)30)19-4-2-3-5-21(19)28(22)15-18/h2-9,18H,10-15H2,1H3,(H,29,30)/t18-/m1/s1. The third-order valence-corrected chi connectivity index (χ3v) is 7.05. The number of likely N-dealkylation sites (N-methyl/N-ethyl adjacent to an activating group) is 1. The number of aromatic nitrogens is 1. The SMILES string of the molecule is CN(C(=O)C1(c2ccc(F)cc2)CC1)[C@@H]1CCc2c(CC(=O)O)c3ccccc3n2C1. The van der Waals surface area contributed by atoms with E-state index in [9.17, 15) is 19.1 Å². The number of carbonyl (C=O) groups excluding carboxylic acids is 1. The van der Waals surface area contributed by atoms with Gasteiger partial charge >= 0.3 is 5.97 Å². The molecule has 31 heavy (non-hydrogen) atoms. The Labute approximate surface area is 180 Å². The number of carboxylic acid groups (broad SMARTS) is 1. The molecule has 0 unspecified atom stereocenters. The van der Waals surface area contributed by atoms with Crippen molar-refractivity contribution in [1.29, 1.82) is 0 Å². The lowest BCUT2D eigenvalue weighted by Crippen LogP contribution is -2.46. The Hall–Kier alpha value is -3.15.